The lowest BCUT2D eigenvalue weighted by atomic mass is 10.1. The second kappa shape index (κ2) is 10.8. The maximum absolute atomic E-state index is 13.9. The highest BCUT2D eigenvalue weighted by atomic mass is 32.2. The number of fused-ring (bicyclic) bond motifs is 1. The fourth-order valence-electron chi connectivity index (χ4n) is 5.48. The summed E-state index contributed by atoms with van der Waals surface area (Å²) < 4.78 is 55.7. The molecule has 210 valence electrons. The second-order valence-corrected chi connectivity index (χ2v) is 12.3. The smallest absolute Gasteiger partial charge is 0.241 e. The van der Waals surface area contributed by atoms with Gasteiger partial charge >= 0.3 is 0 Å². The topological polar surface area (TPSA) is 92.3 Å². The summed E-state index contributed by atoms with van der Waals surface area (Å²) in [6.45, 7) is 2.04. The molecule has 1 amide bonds. The number of nitrogens with one attached hydrogen (secondary N) is 1. The van der Waals surface area contributed by atoms with Crippen molar-refractivity contribution >= 4 is 21.6 Å². The zero-order valence-corrected chi connectivity index (χ0v) is 23.1. The molecular weight excluding hydrogens is 546 g/mol. The van der Waals surface area contributed by atoms with Gasteiger partial charge in [0, 0.05) is 35.6 Å². The number of rotatable bonds is 8. The molecule has 0 saturated heterocycles. The summed E-state index contributed by atoms with van der Waals surface area (Å²) in [7, 11) is -3.89. The van der Waals surface area contributed by atoms with E-state index in [0.29, 0.717) is 30.8 Å². The van der Waals surface area contributed by atoms with E-state index >= 15 is 0 Å². The highest BCUT2D eigenvalue weighted by Crippen LogP contribution is 2.49. The minimum absolute atomic E-state index is 0.00422. The molecule has 6 rings (SSSR count). The van der Waals surface area contributed by atoms with Gasteiger partial charge in [0.05, 0.1) is 11.4 Å². The number of carbonyl (C=O) groups excluding carboxylic acids is 1. The molecule has 1 heterocycles. The average molecular weight is 575 g/mol. The minimum atomic E-state index is -3.89. The van der Waals surface area contributed by atoms with E-state index in [4.69, 9.17) is 0 Å². The van der Waals surface area contributed by atoms with Crippen LogP contribution in [-0.2, 0) is 27.8 Å². The molecule has 3 atom stereocenters. The van der Waals surface area contributed by atoms with E-state index in [0.717, 1.165) is 34.4 Å². The predicted octanol–water partition coefficient (Wildman–Crippen LogP) is 5.37. The molecule has 0 unspecified atom stereocenters. The lowest BCUT2D eigenvalue weighted by Crippen LogP contribution is -2.32. The summed E-state index contributed by atoms with van der Waals surface area (Å²) in [6.07, 6.45) is 5.30. The Morgan fingerprint density at radius 3 is 2.32 bits per heavy atom. The van der Waals surface area contributed by atoms with Crippen molar-refractivity contribution < 1.29 is 22.0 Å². The van der Waals surface area contributed by atoms with Crippen LogP contribution in [0, 0.1) is 24.5 Å². The van der Waals surface area contributed by atoms with Gasteiger partial charge in [0.15, 0.2) is 0 Å². The molecular formula is C31H28F2N4O3S. The Bertz CT molecular complexity index is 1700. The van der Waals surface area contributed by atoms with E-state index in [2.05, 4.69) is 14.7 Å². The summed E-state index contributed by atoms with van der Waals surface area (Å²) in [4.78, 5) is 24.2. The number of benzene rings is 3. The Labute approximate surface area is 237 Å². The summed E-state index contributed by atoms with van der Waals surface area (Å²) in [5.74, 6) is -0.528. The first-order valence-corrected chi connectivity index (χ1v) is 14.9. The monoisotopic (exact) mass is 574 g/mol. The zero-order valence-electron chi connectivity index (χ0n) is 22.3. The van der Waals surface area contributed by atoms with Gasteiger partial charge in [-0.2, -0.15) is 0 Å². The van der Waals surface area contributed by atoms with Crippen LogP contribution < -0.4 is 9.62 Å². The quantitative estimate of drug-likeness (QED) is 0.306. The molecule has 0 spiro atoms. The highest BCUT2D eigenvalue weighted by molar-refractivity contribution is 7.89. The molecule has 1 aromatic heterocycles. The molecule has 0 aliphatic heterocycles. The second-order valence-electron chi connectivity index (χ2n) is 10.6. The summed E-state index contributed by atoms with van der Waals surface area (Å²) >= 11 is 0. The van der Waals surface area contributed by atoms with Crippen molar-refractivity contribution in [1.82, 2.24) is 14.7 Å². The van der Waals surface area contributed by atoms with Gasteiger partial charge in [-0.15, -0.1) is 0 Å². The van der Waals surface area contributed by atoms with Crippen molar-refractivity contribution in [3.63, 3.8) is 0 Å². The Balaban J connectivity index is 1.29. The number of anilines is 1. The SMILES string of the molecule is Cc1ncc(CN(C(=O)[C@@H]2C[C@H]2c2ccc(F)cc2)c2ccc3c(c2)[C@@H](NS(=O)(=O)c2ccc(F)cc2)CC3)cn1. The summed E-state index contributed by atoms with van der Waals surface area (Å²) in [5, 5.41) is 0. The van der Waals surface area contributed by atoms with Crippen LogP contribution in [0.3, 0.4) is 0 Å². The first-order chi connectivity index (χ1) is 19.7. The van der Waals surface area contributed by atoms with Crippen molar-refractivity contribution in [2.75, 3.05) is 4.90 Å². The third-order valence-electron chi connectivity index (χ3n) is 7.79. The van der Waals surface area contributed by atoms with Crippen molar-refractivity contribution in [1.29, 1.82) is 0 Å². The number of halogens is 2. The summed E-state index contributed by atoms with van der Waals surface area (Å²) in [5.41, 5.74) is 4.14. The molecule has 3 aromatic carbocycles. The first-order valence-electron chi connectivity index (χ1n) is 13.4. The maximum Gasteiger partial charge on any atom is 0.241 e. The van der Waals surface area contributed by atoms with Crippen molar-refractivity contribution in [2.45, 2.75) is 49.6 Å². The predicted molar refractivity (Wildman–Crippen MR) is 149 cm³/mol. The van der Waals surface area contributed by atoms with E-state index in [9.17, 15) is 22.0 Å². The van der Waals surface area contributed by atoms with Crippen LogP contribution in [0.2, 0.25) is 0 Å². The van der Waals surface area contributed by atoms with Crippen LogP contribution in [-0.4, -0.2) is 24.3 Å². The molecule has 1 N–H and O–H groups in total. The number of carbonyl (C=O) groups is 1. The molecule has 1 saturated carbocycles. The standard InChI is InChI=1S/C31H28F2N4O3S/c1-19-34-16-20(17-35-19)18-37(31(38)29-15-27(29)21-2-6-23(32)7-3-21)25-10-4-22-5-13-30(28(22)14-25)36-41(39,40)26-11-8-24(33)9-12-26/h2-4,6-12,14,16-17,27,29-30,36H,5,13,15,18H2,1H3/t27-,29+,30-/m0/s1. The maximum atomic E-state index is 13.9. The van der Waals surface area contributed by atoms with Gasteiger partial charge in [0.1, 0.15) is 17.5 Å². The molecule has 41 heavy (non-hydrogen) atoms. The molecule has 0 bridgehead atoms. The average Bonchev–Trinajstić information content (AvgIpc) is 3.67. The van der Waals surface area contributed by atoms with Gasteiger partial charge < -0.3 is 4.90 Å². The highest BCUT2D eigenvalue weighted by Gasteiger charge is 2.46. The number of hydrogen-bond acceptors (Lipinski definition) is 5. The summed E-state index contributed by atoms with van der Waals surface area (Å²) in [6, 6.07) is 16.2. The lowest BCUT2D eigenvalue weighted by molar-refractivity contribution is -0.120. The van der Waals surface area contributed by atoms with Gasteiger partial charge in [-0.25, -0.2) is 31.9 Å². The van der Waals surface area contributed by atoms with Gasteiger partial charge in [0.25, 0.3) is 0 Å². The molecule has 1 fully saturated rings. The van der Waals surface area contributed by atoms with E-state index in [1.165, 1.54) is 24.3 Å². The number of nitrogens with zero attached hydrogens (tertiary/aromatic N) is 3. The van der Waals surface area contributed by atoms with Crippen LogP contribution in [0.4, 0.5) is 14.5 Å². The van der Waals surface area contributed by atoms with Crippen molar-refractivity contribution in [2.24, 2.45) is 5.92 Å². The van der Waals surface area contributed by atoms with Crippen LogP contribution in [0.5, 0.6) is 0 Å². The molecule has 10 heteroatoms. The van der Waals surface area contributed by atoms with Crippen molar-refractivity contribution in [3.05, 3.63) is 119 Å². The van der Waals surface area contributed by atoms with E-state index in [1.807, 2.05) is 18.2 Å². The molecule has 0 radical (unpaired) electrons. The first kappa shape index (κ1) is 27.2. The van der Waals surface area contributed by atoms with Crippen LogP contribution >= 0.6 is 0 Å². The molecule has 4 aromatic rings. The Morgan fingerprint density at radius 1 is 0.976 bits per heavy atom. The van der Waals surface area contributed by atoms with Gasteiger partial charge in [-0.1, -0.05) is 18.2 Å². The number of aromatic nitrogens is 2. The fraction of sp³-hybridized carbons (Fsp3) is 0.258. The van der Waals surface area contributed by atoms with E-state index in [-0.39, 0.29) is 35.0 Å². The van der Waals surface area contributed by atoms with Gasteiger partial charge in [-0.3, -0.25) is 4.79 Å². The molecule has 2 aliphatic rings. The normalized spacial score (nSPS) is 19.5. The number of amides is 1. The third kappa shape index (κ3) is 5.75. The zero-order chi connectivity index (χ0) is 28.7. The number of sulfonamides is 1. The van der Waals surface area contributed by atoms with E-state index in [1.54, 1.807) is 36.4 Å². The molecule has 2 aliphatic carbocycles. The van der Waals surface area contributed by atoms with E-state index < -0.39 is 21.9 Å². The Morgan fingerprint density at radius 2 is 1.63 bits per heavy atom. The Hall–Kier alpha value is -4.02. The van der Waals surface area contributed by atoms with Crippen LogP contribution in [0.15, 0.2) is 84.0 Å². The fourth-order valence-corrected chi connectivity index (χ4v) is 6.73. The largest absolute Gasteiger partial charge is 0.308 e. The number of hydrogen-bond donors (Lipinski definition) is 1. The third-order valence-corrected chi connectivity index (χ3v) is 9.27. The van der Waals surface area contributed by atoms with Crippen LogP contribution in [0.1, 0.15) is 52.9 Å². The number of aryl methyl sites for hydroxylation is 2. The van der Waals surface area contributed by atoms with Gasteiger partial charge in [-0.05, 0) is 97.3 Å². The Kier molecular flexibility index (Phi) is 7.13. The minimum Gasteiger partial charge on any atom is -0.308 e. The lowest BCUT2D eigenvalue weighted by Gasteiger charge is -2.25. The molecule has 7 nitrogen and oxygen atoms in total. The van der Waals surface area contributed by atoms with Crippen molar-refractivity contribution in [3.8, 4) is 0 Å². The van der Waals surface area contributed by atoms with Crippen LogP contribution in [0.25, 0.3) is 0 Å². The van der Waals surface area contributed by atoms with Gasteiger partial charge in [0.2, 0.25) is 15.9 Å².